The molecule has 0 bridgehead atoms. The Kier molecular flexibility index (Phi) is 5.41. The lowest BCUT2D eigenvalue weighted by atomic mass is 10.1. The maximum absolute atomic E-state index is 12.9. The Bertz CT molecular complexity index is 764. The maximum atomic E-state index is 12.9. The monoisotopic (exact) mass is 366 g/mol. The number of hydrogen-bond acceptors (Lipinski definition) is 6. The summed E-state index contributed by atoms with van der Waals surface area (Å²) in [4.78, 5) is 17.4. The highest BCUT2D eigenvalue weighted by Crippen LogP contribution is 2.32. The molecule has 9 heteroatoms. The molecule has 0 spiro atoms. The number of hydrogen-bond donors (Lipinski definition) is 2. The molecule has 1 unspecified atom stereocenters. The van der Waals surface area contributed by atoms with Crippen LogP contribution in [-0.2, 0) is 0 Å². The number of benzene rings is 1. The predicted octanol–water partition coefficient (Wildman–Crippen LogP) is 0.986. The number of aromatic nitrogens is 3. The standard InChI is InChI=1S/C16H23ClN6O2/c1-4-23-6-5-22(2)8-10(9-23)18-16(24)11-7-12(17)13-14(15(11)25-3)20-21-19-13/h7,10H,4-6,8-9H2,1-3H3,(H,18,24)(H,19,20,21). The van der Waals surface area contributed by atoms with Gasteiger partial charge in [-0.3, -0.25) is 4.79 Å². The fraction of sp³-hybridized carbons (Fsp3) is 0.562. The second kappa shape index (κ2) is 7.55. The minimum Gasteiger partial charge on any atom is -0.493 e. The molecule has 0 saturated carbocycles. The molecule has 1 aliphatic rings. The van der Waals surface area contributed by atoms with Crippen LogP contribution in [0.4, 0.5) is 0 Å². The van der Waals surface area contributed by atoms with Crippen molar-refractivity contribution in [3.63, 3.8) is 0 Å². The number of likely N-dealkylation sites (N-methyl/N-ethyl adjacent to an activating group) is 2. The van der Waals surface area contributed by atoms with Crippen molar-refractivity contribution in [3.8, 4) is 5.75 Å². The van der Waals surface area contributed by atoms with E-state index in [0.717, 1.165) is 32.7 Å². The van der Waals surface area contributed by atoms with Gasteiger partial charge in [0, 0.05) is 26.2 Å². The molecule has 2 N–H and O–H groups in total. The van der Waals surface area contributed by atoms with Gasteiger partial charge in [0.1, 0.15) is 5.52 Å². The first-order valence-electron chi connectivity index (χ1n) is 8.32. The lowest BCUT2D eigenvalue weighted by Crippen LogP contribution is -2.46. The van der Waals surface area contributed by atoms with Gasteiger partial charge in [-0.2, -0.15) is 15.4 Å². The van der Waals surface area contributed by atoms with Gasteiger partial charge in [0.25, 0.3) is 5.91 Å². The second-order valence-electron chi connectivity index (χ2n) is 6.29. The van der Waals surface area contributed by atoms with E-state index in [-0.39, 0.29) is 11.9 Å². The predicted molar refractivity (Wildman–Crippen MR) is 96.3 cm³/mol. The summed E-state index contributed by atoms with van der Waals surface area (Å²) in [6.45, 7) is 6.69. The van der Waals surface area contributed by atoms with E-state index in [1.54, 1.807) is 6.07 Å². The fourth-order valence-electron chi connectivity index (χ4n) is 3.20. The zero-order chi connectivity index (χ0) is 18.0. The summed E-state index contributed by atoms with van der Waals surface area (Å²) < 4.78 is 5.41. The number of fused-ring (bicyclic) bond motifs is 1. The Morgan fingerprint density at radius 2 is 2.16 bits per heavy atom. The highest BCUT2D eigenvalue weighted by Gasteiger charge is 2.25. The number of carbonyl (C=O) groups is 1. The van der Waals surface area contributed by atoms with Crippen molar-refractivity contribution in [2.45, 2.75) is 13.0 Å². The molecule has 1 saturated heterocycles. The minimum atomic E-state index is -0.222. The summed E-state index contributed by atoms with van der Waals surface area (Å²) in [7, 11) is 3.57. The Morgan fingerprint density at radius 1 is 1.40 bits per heavy atom. The molecule has 2 aromatic rings. The third-order valence-electron chi connectivity index (χ3n) is 4.54. The molecular formula is C16H23ClN6O2. The van der Waals surface area contributed by atoms with Crippen LogP contribution in [-0.4, -0.2) is 84.0 Å². The van der Waals surface area contributed by atoms with Crippen molar-refractivity contribution in [1.82, 2.24) is 30.5 Å². The van der Waals surface area contributed by atoms with Crippen molar-refractivity contribution < 1.29 is 9.53 Å². The van der Waals surface area contributed by atoms with Crippen molar-refractivity contribution in [2.75, 3.05) is 46.9 Å². The number of halogens is 1. The number of ether oxygens (including phenoxy) is 1. The van der Waals surface area contributed by atoms with Gasteiger partial charge in [-0.25, -0.2) is 0 Å². The summed E-state index contributed by atoms with van der Waals surface area (Å²) in [5.41, 5.74) is 1.30. The third-order valence-corrected chi connectivity index (χ3v) is 4.83. The molecule has 1 aliphatic heterocycles. The lowest BCUT2D eigenvalue weighted by molar-refractivity contribution is 0.0922. The lowest BCUT2D eigenvalue weighted by Gasteiger charge is -2.24. The Labute approximate surface area is 151 Å². The molecule has 1 aromatic carbocycles. The first-order valence-corrected chi connectivity index (χ1v) is 8.70. The van der Waals surface area contributed by atoms with Crippen molar-refractivity contribution in [3.05, 3.63) is 16.7 Å². The van der Waals surface area contributed by atoms with Gasteiger partial charge in [0.15, 0.2) is 11.3 Å². The summed E-state index contributed by atoms with van der Waals surface area (Å²) in [6, 6.07) is 1.61. The zero-order valence-electron chi connectivity index (χ0n) is 14.7. The number of nitrogens with zero attached hydrogens (tertiary/aromatic N) is 4. The van der Waals surface area contributed by atoms with Crippen LogP contribution in [0.2, 0.25) is 5.02 Å². The van der Waals surface area contributed by atoms with Crippen LogP contribution in [0.1, 0.15) is 17.3 Å². The molecule has 0 radical (unpaired) electrons. The van der Waals surface area contributed by atoms with Gasteiger partial charge in [-0.15, -0.1) is 0 Å². The highest BCUT2D eigenvalue weighted by molar-refractivity contribution is 6.35. The second-order valence-corrected chi connectivity index (χ2v) is 6.69. The summed E-state index contributed by atoms with van der Waals surface area (Å²) in [6.07, 6.45) is 0. The number of carbonyl (C=O) groups excluding carboxylic acids is 1. The fourth-order valence-corrected chi connectivity index (χ4v) is 3.44. The Hall–Kier alpha value is -1.90. The molecule has 1 amide bonds. The Morgan fingerprint density at radius 3 is 2.88 bits per heavy atom. The van der Waals surface area contributed by atoms with Crippen LogP contribution >= 0.6 is 11.6 Å². The van der Waals surface area contributed by atoms with E-state index in [4.69, 9.17) is 16.3 Å². The van der Waals surface area contributed by atoms with Crippen LogP contribution in [0.25, 0.3) is 11.0 Å². The third kappa shape index (κ3) is 3.70. The van der Waals surface area contributed by atoms with E-state index in [9.17, 15) is 4.79 Å². The zero-order valence-corrected chi connectivity index (χ0v) is 15.4. The van der Waals surface area contributed by atoms with Crippen molar-refractivity contribution >= 4 is 28.5 Å². The topological polar surface area (TPSA) is 86.4 Å². The molecule has 1 atom stereocenters. The van der Waals surface area contributed by atoms with Crippen molar-refractivity contribution in [1.29, 1.82) is 0 Å². The van der Waals surface area contributed by atoms with E-state index < -0.39 is 0 Å². The molecule has 25 heavy (non-hydrogen) atoms. The van der Waals surface area contributed by atoms with Crippen molar-refractivity contribution in [2.24, 2.45) is 0 Å². The summed E-state index contributed by atoms with van der Waals surface area (Å²) >= 11 is 6.24. The first kappa shape index (κ1) is 17.9. The van der Waals surface area contributed by atoms with E-state index >= 15 is 0 Å². The number of amides is 1. The van der Waals surface area contributed by atoms with Gasteiger partial charge in [-0.1, -0.05) is 18.5 Å². The normalized spacial score (nSPS) is 19.8. The van der Waals surface area contributed by atoms with Gasteiger partial charge in [0.05, 0.1) is 23.7 Å². The van der Waals surface area contributed by atoms with Gasteiger partial charge >= 0.3 is 0 Å². The number of aromatic amines is 1. The molecule has 2 heterocycles. The Balaban J connectivity index is 1.86. The summed E-state index contributed by atoms with van der Waals surface area (Å²) in [5.74, 6) is 0.153. The molecule has 1 fully saturated rings. The molecule has 8 nitrogen and oxygen atoms in total. The maximum Gasteiger partial charge on any atom is 0.255 e. The molecule has 0 aliphatic carbocycles. The van der Waals surface area contributed by atoms with E-state index in [2.05, 4.69) is 44.5 Å². The van der Waals surface area contributed by atoms with Gasteiger partial charge < -0.3 is 19.9 Å². The van der Waals surface area contributed by atoms with E-state index in [1.165, 1.54) is 7.11 Å². The first-order chi connectivity index (χ1) is 12.0. The SMILES string of the molecule is CCN1CCN(C)CC(NC(=O)c2cc(Cl)c3n[nH]nc3c2OC)C1. The number of nitrogens with one attached hydrogen (secondary N) is 2. The highest BCUT2D eigenvalue weighted by atomic mass is 35.5. The number of methoxy groups -OCH3 is 1. The van der Waals surface area contributed by atoms with Gasteiger partial charge in [0.2, 0.25) is 0 Å². The van der Waals surface area contributed by atoms with Gasteiger partial charge in [-0.05, 0) is 19.7 Å². The number of H-pyrrole nitrogens is 1. The van der Waals surface area contributed by atoms with Crippen LogP contribution in [0.5, 0.6) is 5.75 Å². The molecule has 1 aromatic heterocycles. The molecular weight excluding hydrogens is 344 g/mol. The summed E-state index contributed by atoms with van der Waals surface area (Å²) in [5, 5.41) is 14.0. The molecule has 3 rings (SSSR count). The quantitative estimate of drug-likeness (QED) is 0.839. The van der Waals surface area contributed by atoms with Crippen LogP contribution in [0, 0.1) is 0 Å². The smallest absolute Gasteiger partial charge is 0.255 e. The average molecular weight is 367 g/mol. The van der Waals surface area contributed by atoms with E-state index in [0.29, 0.717) is 27.4 Å². The molecule has 136 valence electrons. The average Bonchev–Trinajstić information content (AvgIpc) is 3.01. The van der Waals surface area contributed by atoms with E-state index in [1.807, 2.05) is 0 Å². The minimum absolute atomic E-state index is 0.0245. The van der Waals surface area contributed by atoms with Crippen LogP contribution in [0.3, 0.4) is 0 Å². The van der Waals surface area contributed by atoms with Crippen LogP contribution < -0.4 is 10.1 Å². The van der Waals surface area contributed by atoms with Crippen LogP contribution in [0.15, 0.2) is 6.07 Å². The number of rotatable bonds is 4. The largest absolute Gasteiger partial charge is 0.493 e.